The number of rotatable bonds is 5. The lowest BCUT2D eigenvalue weighted by Gasteiger charge is -2.33. The van der Waals surface area contributed by atoms with Gasteiger partial charge in [-0.05, 0) is 49.8 Å². The molecule has 0 unspecified atom stereocenters. The molecular formula is C24H24BrNO4. The third-order valence-electron chi connectivity index (χ3n) is 5.22. The van der Waals surface area contributed by atoms with Gasteiger partial charge in [-0.1, -0.05) is 51.3 Å². The molecule has 0 heterocycles. The Morgan fingerprint density at radius 2 is 1.57 bits per heavy atom. The molecule has 0 saturated heterocycles. The summed E-state index contributed by atoms with van der Waals surface area (Å²) in [7, 11) is 2.70. The van der Waals surface area contributed by atoms with Crippen molar-refractivity contribution >= 4 is 33.6 Å². The van der Waals surface area contributed by atoms with Crippen LogP contribution in [0.15, 0.2) is 75.9 Å². The predicted molar refractivity (Wildman–Crippen MR) is 120 cm³/mol. The normalized spacial score (nSPS) is 18.5. The minimum Gasteiger partial charge on any atom is -0.469 e. The summed E-state index contributed by atoms with van der Waals surface area (Å²) in [6.45, 7) is 3.89. The fourth-order valence-corrected chi connectivity index (χ4v) is 3.98. The van der Waals surface area contributed by atoms with E-state index in [-0.39, 0.29) is 0 Å². The standard InChI is InChI=1S/C24H24BrNO4/c1-14-5-11-18(12-6-14)26-19-13-15(2)20(23(27)29-3)21(22(19)24(28)30-4)16-7-9-17(25)10-8-16/h5-13,20-21,26H,1-4H3/t20-,21+/m1/s1. The van der Waals surface area contributed by atoms with Crippen molar-refractivity contribution in [2.75, 3.05) is 19.5 Å². The summed E-state index contributed by atoms with van der Waals surface area (Å²) in [4.78, 5) is 25.6. The molecule has 0 amide bonds. The molecule has 1 aliphatic carbocycles. The van der Waals surface area contributed by atoms with Gasteiger partial charge in [-0.3, -0.25) is 4.79 Å². The van der Waals surface area contributed by atoms with Crippen molar-refractivity contribution in [1.82, 2.24) is 0 Å². The summed E-state index contributed by atoms with van der Waals surface area (Å²) in [6.07, 6.45) is 1.82. The number of benzene rings is 2. The van der Waals surface area contributed by atoms with E-state index in [1.807, 2.05) is 68.5 Å². The van der Waals surface area contributed by atoms with Crippen LogP contribution in [0.4, 0.5) is 5.69 Å². The lowest BCUT2D eigenvalue weighted by Crippen LogP contribution is -2.33. The molecule has 0 spiro atoms. The molecule has 3 rings (SSSR count). The Balaban J connectivity index is 2.19. The Kier molecular flexibility index (Phi) is 6.77. The second-order valence-electron chi connectivity index (χ2n) is 7.23. The molecular weight excluding hydrogens is 446 g/mol. The van der Waals surface area contributed by atoms with Crippen molar-refractivity contribution < 1.29 is 19.1 Å². The highest BCUT2D eigenvalue weighted by molar-refractivity contribution is 9.10. The molecule has 1 N–H and O–H groups in total. The largest absolute Gasteiger partial charge is 0.469 e. The van der Waals surface area contributed by atoms with E-state index in [0.717, 1.165) is 26.9 Å². The minimum absolute atomic E-state index is 0.390. The van der Waals surface area contributed by atoms with Gasteiger partial charge in [0.15, 0.2) is 0 Å². The quantitative estimate of drug-likeness (QED) is 0.614. The zero-order chi connectivity index (χ0) is 21.8. The lowest BCUT2D eigenvalue weighted by molar-refractivity contribution is -0.144. The van der Waals surface area contributed by atoms with Gasteiger partial charge >= 0.3 is 11.9 Å². The second-order valence-corrected chi connectivity index (χ2v) is 8.14. The maximum Gasteiger partial charge on any atom is 0.336 e. The number of ether oxygens (including phenoxy) is 2. The summed E-state index contributed by atoms with van der Waals surface area (Å²) < 4.78 is 11.1. The number of allylic oxidation sites excluding steroid dienone is 1. The number of halogens is 1. The van der Waals surface area contributed by atoms with E-state index in [0.29, 0.717) is 11.3 Å². The fourth-order valence-electron chi connectivity index (χ4n) is 3.71. The van der Waals surface area contributed by atoms with Gasteiger partial charge in [-0.15, -0.1) is 0 Å². The molecule has 2 aromatic rings. The highest BCUT2D eigenvalue weighted by Crippen LogP contribution is 2.43. The van der Waals surface area contributed by atoms with Gasteiger partial charge in [0.2, 0.25) is 0 Å². The Hall–Kier alpha value is -2.86. The van der Waals surface area contributed by atoms with Gasteiger partial charge in [-0.25, -0.2) is 4.79 Å². The van der Waals surface area contributed by atoms with Crippen LogP contribution in [0, 0.1) is 12.8 Å². The second kappa shape index (κ2) is 9.30. The first-order chi connectivity index (χ1) is 14.3. The first-order valence-corrected chi connectivity index (χ1v) is 10.3. The van der Waals surface area contributed by atoms with Gasteiger partial charge in [-0.2, -0.15) is 0 Å². The highest BCUT2D eigenvalue weighted by atomic mass is 79.9. The average Bonchev–Trinajstić information content (AvgIpc) is 2.74. The van der Waals surface area contributed by atoms with E-state index in [1.54, 1.807) is 0 Å². The number of nitrogens with one attached hydrogen (secondary N) is 1. The highest BCUT2D eigenvalue weighted by Gasteiger charge is 2.41. The van der Waals surface area contributed by atoms with E-state index in [4.69, 9.17) is 9.47 Å². The van der Waals surface area contributed by atoms with Gasteiger partial charge in [0.1, 0.15) is 0 Å². The van der Waals surface area contributed by atoms with Crippen LogP contribution in [0.25, 0.3) is 0 Å². The van der Waals surface area contributed by atoms with Crippen LogP contribution in [0.5, 0.6) is 0 Å². The molecule has 0 fully saturated rings. The smallest absolute Gasteiger partial charge is 0.336 e. The topological polar surface area (TPSA) is 64.6 Å². The van der Waals surface area contributed by atoms with E-state index in [9.17, 15) is 9.59 Å². The molecule has 2 atom stereocenters. The summed E-state index contributed by atoms with van der Waals surface area (Å²) in [5.41, 5.74) is 4.60. The maximum absolute atomic E-state index is 12.9. The Bertz CT molecular complexity index is 1010. The number of hydrogen-bond acceptors (Lipinski definition) is 5. The molecule has 30 heavy (non-hydrogen) atoms. The third-order valence-corrected chi connectivity index (χ3v) is 5.75. The van der Waals surface area contributed by atoms with Gasteiger partial charge in [0, 0.05) is 21.8 Å². The zero-order valence-electron chi connectivity index (χ0n) is 17.4. The molecule has 0 bridgehead atoms. The monoisotopic (exact) mass is 469 g/mol. The third kappa shape index (κ3) is 4.49. The van der Waals surface area contributed by atoms with E-state index in [2.05, 4.69) is 21.2 Å². The number of methoxy groups -OCH3 is 2. The van der Waals surface area contributed by atoms with Crippen LogP contribution in [-0.4, -0.2) is 26.2 Å². The van der Waals surface area contributed by atoms with Crippen molar-refractivity contribution in [3.05, 3.63) is 87.0 Å². The van der Waals surface area contributed by atoms with E-state index in [1.165, 1.54) is 14.2 Å². The van der Waals surface area contributed by atoms with Crippen LogP contribution in [-0.2, 0) is 19.1 Å². The number of hydrogen-bond donors (Lipinski definition) is 1. The van der Waals surface area contributed by atoms with Crippen LogP contribution in [0.2, 0.25) is 0 Å². The number of esters is 2. The van der Waals surface area contributed by atoms with Crippen LogP contribution in [0.1, 0.15) is 24.0 Å². The summed E-state index contributed by atoms with van der Waals surface area (Å²) in [5.74, 6) is -2.06. The van der Waals surface area contributed by atoms with Crippen LogP contribution in [0.3, 0.4) is 0 Å². The summed E-state index contributed by atoms with van der Waals surface area (Å²) in [5, 5.41) is 3.33. The molecule has 1 aliphatic rings. The molecule has 0 aliphatic heterocycles. The first-order valence-electron chi connectivity index (χ1n) is 9.53. The van der Waals surface area contributed by atoms with Crippen molar-refractivity contribution in [3.63, 3.8) is 0 Å². The lowest BCUT2D eigenvalue weighted by atomic mass is 9.73. The Labute approximate surface area is 184 Å². The van der Waals surface area contributed by atoms with Crippen molar-refractivity contribution in [1.29, 1.82) is 0 Å². The van der Waals surface area contributed by atoms with Crippen molar-refractivity contribution in [2.45, 2.75) is 19.8 Å². The SMILES string of the molecule is COC(=O)C1=C(Nc2ccc(C)cc2)C=C(C)[C@@H](C(=O)OC)[C@@H]1c1ccc(Br)cc1. The van der Waals surface area contributed by atoms with Gasteiger partial charge in [0.05, 0.1) is 25.7 Å². The van der Waals surface area contributed by atoms with Crippen molar-refractivity contribution in [3.8, 4) is 0 Å². The number of carbonyl (C=O) groups excluding carboxylic acids is 2. The van der Waals surface area contributed by atoms with Gasteiger partial charge in [0.25, 0.3) is 0 Å². The van der Waals surface area contributed by atoms with Crippen molar-refractivity contribution in [2.24, 2.45) is 5.92 Å². The van der Waals surface area contributed by atoms with E-state index < -0.39 is 23.8 Å². The van der Waals surface area contributed by atoms with E-state index >= 15 is 0 Å². The minimum atomic E-state index is -0.631. The predicted octanol–water partition coefficient (Wildman–Crippen LogP) is 5.13. The molecule has 0 aromatic heterocycles. The van der Waals surface area contributed by atoms with Crippen LogP contribution >= 0.6 is 15.9 Å². The first kappa shape index (κ1) is 21.8. The Morgan fingerprint density at radius 1 is 0.933 bits per heavy atom. The maximum atomic E-state index is 12.9. The Morgan fingerprint density at radius 3 is 2.13 bits per heavy atom. The molecule has 0 saturated carbocycles. The fraction of sp³-hybridized carbons (Fsp3) is 0.250. The molecule has 2 aromatic carbocycles. The molecule has 156 valence electrons. The molecule has 0 radical (unpaired) electrons. The zero-order valence-corrected chi connectivity index (χ0v) is 18.9. The number of anilines is 1. The molecule has 6 heteroatoms. The molecule has 5 nitrogen and oxygen atoms in total. The number of aryl methyl sites for hydroxylation is 1. The van der Waals surface area contributed by atoms with Gasteiger partial charge < -0.3 is 14.8 Å². The summed E-state index contributed by atoms with van der Waals surface area (Å²) >= 11 is 3.44. The average molecular weight is 470 g/mol. The summed E-state index contributed by atoms with van der Waals surface area (Å²) in [6, 6.07) is 15.4. The van der Waals surface area contributed by atoms with Crippen LogP contribution < -0.4 is 5.32 Å². The number of carbonyl (C=O) groups is 2.